The number of amides is 1. The lowest BCUT2D eigenvalue weighted by molar-refractivity contribution is -0.385. The van der Waals surface area contributed by atoms with Crippen molar-refractivity contribution in [3.63, 3.8) is 0 Å². The zero-order chi connectivity index (χ0) is 22.3. The third-order valence-electron chi connectivity index (χ3n) is 3.88. The van der Waals surface area contributed by atoms with Crippen molar-refractivity contribution in [3.05, 3.63) is 57.1 Å². The maximum atomic E-state index is 12.1. The SMILES string of the molecule is CCNC(=O)c1ccc(Oc2cc(C(=O)C=[N+]=[N-])cc(OC)c2OC)c([N+](=O)[O-])c1. The van der Waals surface area contributed by atoms with Crippen LogP contribution in [-0.2, 0) is 0 Å². The lowest BCUT2D eigenvalue weighted by Gasteiger charge is -2.15. The number of hydrogen-bond donors (Lipinski definition) is 1. The number of nitro benzene ring substituents is 1. The lowest BCUT2D eigenvalue weighted by Crippen LogP contribution is -2.22. The number of rotatable bonds is 9. The molecule has 0 aliphatic heterocycles. The molecule has 0 aliphatic carbocycles. The number of nitrogens with one attached hydrogen (secondary N) is 1. The summed E-state index contributed by atoms with van der Waals surface area (Å²) in [6.07, 6.45) is 0.675. The monoisotopic (exact) mass is 414 g/mol. The minimum atomic E-state index is -0.699. The third-order valence-corrected chi connectivity index (χ3v) is 3.88. The Labute approximate surface area is 170 Å². The molecule has 156 valence electrons. The highest BCUT2D eigenvalue weighted by atomic mass is 16.6. The fraction of sp³-hybridized carbons (Fsp3) is 0.211. The molecule has 0 aromatic heterocycles. The van der Waals surface area contributed by atoms with Crippen LogP contribution in [0.3, 0.4) is 0 Å². The predicted molar refractivity (Wildman–Crippen MR) is 105 cm³/mol. The van der Waals surface area contributed by atoms with Gasteiger partial charge in [-0.3, -0.25) is 19.7 Å². The van der Waals surface area contributed by atoms with Crippen molar-refractivity contribution < 1.29 is 33.5 Å². The maximum Gasteiger partial charge on any atom is 0.328 e. The largest absolute Gasteiger partial charge is 0.493 e. The Balaban J connectivity index is 2.58. The summed E-state index contributed by atoms with van der Waals surface area (Å²) >= 11 is 0. The molecule has 0 aliphatic rings. The molecule has 0 spiro atoms. The molecule has 30 heavy (non-hydrogen) atoms. The van der Waals surface area contributed by atoms with E-state index >= 15 is 0 Å². The molecule has 2 aromatic carbocycles. The van der Waals surface area contributed by atoms with Crippen molar-refractivity contribution >= 4 is 23.6 Å². The zero-order valence-electron chi connectivity index (χ0n) is 16.4. The number of benzene rings is 2. The van der Waals surface area contributed by atoms with E-state index in [0.29, 0.717) is 12.8 Å². The predicted octanol–water partition coefficient (Wildman–Crippen LogP) is 2.64. The second-order valence-electron chi connectivity index (χ2n) is 5.72. The molecule has 0 bridgehead atoms. The molecule has 0 atom stereocenters. The first-order chi connectivity index (χ1) is 14.4. The summed E-state index contributed by atoms with van der Waals surface area (Å²) < 4.78 is 16.1. The molecule has 1 amide bonds. The average Bonchev–Trinajstić information content (AvgIpc) is 2.73. The number of nitrogens with zero attached hydrogens (tertiary/aromatic N) is 3. The first-order valence-corrected chi connectivity index (χ1v) is 8.58. The van der Waals surface area contributed by atoms with Crippen LogP contribution in [0, 0.1) is 10.1 Å². The smallest absolute Gasteiger partial charge is 0.328 e. The summed E-state index contributed by atoms with van der Waals surface area (Å²) in [5, 5.41) is 14.1. The molecule has 0 heterocycles. The summed E-state index contributed by atoms with van der Waals surface area (Å²) in [5.41, 5.74) is 8.24. The molecule has 1 N–H and O–H groups in total. The van der Waals surface area contributed by atoms with Gasteiger partial charge in [-0.1, -0.05) is 0 Å². The van der Waals surface area contributed by atoms with Crippen molar-refractivity contribution in [1.82, 2.24) is 5.32 Å². The van der Waals surface area contributed by atoms with Crippen LogP contribution in [0.4, 0.5) is 5.69 Å². The standard InChI is InChI=1S/C19H18N4O7/c1-4-21-19(25)11-5-6-15(13(7-11)23(26)27)30-17-9-12(14(24)10-22-20)8-16(28-2)18(17)29-3/h5-10H,4H2,1-3H3,(H,21,25). The Morgan fingerprint density at radius 3 is 2.40 bits per heavy atom. The van der Waals surface area contributed by atoms with Gasteiger partial charge in [0.05, 0.1) is 19.1 Å². The number of ketones is 1. The van der Waals surface area contributed by atoms with Crippen molar-refractivity contribution in [2.75, 3.05) is 20.8 Å². The van der Waals surface area contributed by atoms with Crippen LogP contribution in [0.2, 0.25) is 0 Å². The maximum absolute atomic E-state index is 12.1. The molecular weight excluding hydrogens is 396 g/mol. The lowest BCUT2D eigenvalue weighted by atomic mass is 10.1. The highest BCUT2D eigenvalue weighted by Crippen LogP contribution is 2.42. The summed E-state index contributed by atoms with van der Waals surface area (Å²) in [5.74, 6) is -1.18. The first kappa shape index (κ1) is 22.1. The van der Waals surface area contributed by atoms with Gasteiger partial charge < -0.3 is 25.1 Å². The summed E-state index contributed by atoms with van der Waals surface area (Å²) in [7, 11) is 2.66. The molecule has 2 rings (SSSR count). The molecular formula is C19H18N4O7. The van der Waals surface area contributed by atoms with Gasteiger partial charge in [0.2, 0.25) is 11.5 Å². The van der Waals surface area contributed by atoms with Crippen LogP contribution in [0.1, 0.15) is 27.6 Å². The Morgan fingerprint density at radius 2 is 1.83 bits per heavy atom. The number of carbonyl (C=O) groups excluding carboxylic acids is 2. The summed E-state index contributed by atoms with van der Waals surface area (Å²) in [6, 6.07) is 6.30. The number of nitro groups is 1. The number of carbonyl (C=O) groups is 2. The van der Waals surface area contributed by atoms with Crippen LogP contribution in [0.15, 0.2) is 30.3 Å². The van der Waals surface area contributed by atoms with Crippen LogP contribution in [0.5, 0.6) is 23.0 Å². The zero-order valence-corrected chi connectivity index (χ0v) is 16.4. The normalized spacial score (nSPS) is 9.83. The topological polar surface area (TPSA) is 153 Å². The molecule has 0 saturated carbocycles. The fourth-order valence-electron chi connectivity index (χ4n) is 2.54. The van der Waals surface area contributed by atoms with Gasteiger partial charge in [-0.15, -0.1) is 0 Å². The minimum Gasteiger partial charge on any atom is -0.493 e. The second-order valence-corrected chi connectivity index (χ2v) is 5.72. The van der Waals surface area contributed by atoms with Crippen LogP contribution < -0.4 is 19.5 Å². The Bertz CT molecular complexity index is 1050. The molecule has 0 radical (unpaired) electrons. The first-order valence-electron chi connectivity index (χ1n) is 8.58. The van der Waals surface area contributed by atoms with Crippen molar-refractivity contribution in [2.45, 2.75) is 6.92 Å². The van der Waals surface area contributed by atoms with E-state index in [4.69, 9.17) is 19.7 Å². The molecule has 2 aromatic rings. The highest BCUT2D eigenvalue weighted by molar-refractivity contribution is 6.33. The van der Waals surface area contributed by atoms with Crippen molar-refractivity contribution in [3.8, 4) is 23.0 Å². The van der Waals surface area contributed by atoms with Gasteiger partial charge in [0.25, 0.3) is 11.7 Å². The number of Topliss-reactive ketones (excluding diaryl/α,β-unsaturated/α-hetero) is 1. The van der Waals surface area contributed by atoms with E-state index in [1.54, 1.807) is 6.92 Å². The quantitative estimate of drug-likeness (QED) is 0.165. The van der Waals surface area contributed by atoms with Gasteiger partial charge in [0.1, 0.15) is 0 Å². The number of ether oxygens (including phenoxy) is 3. The van der Waals surface area contributed by atoms with E-state index in [2.05, 4.69) is 10.1 Å². The van der Waals surface area contributed by atoms with Crippen LogP contribution in [-0.4, -0.2) is 48.4 Å². The van der Waals surface area contributed by atoms with Crippen LogP contribution >= 0.6 is 0 Å². The number of methoxy groups -OCH3 is 2. The van der Waals surface area contributed by atoms with E-state index < -0.39 is 22.3 Å². The van der Waals surface area contributed by atoms with Gasteiger partial charge in [-0.05, 0) is 31.2 Å². The summed E-state index contributed by atoms with van der Waals surface area (Å²) in [4.78, 5) is 37.5. The molecule has 0 unspecified atom stereocenters. The van der Waals surface area contributed by atoms with E-state index in [-0.39, 0.29) is 34.1 Å². The Hall–Kier alpha value is -4.24. The second kappa shape index (κ2) is 9.80. The van der Waals surface area contributed by atoms with Gasteiger partial charge in [0.15, 0.2) is 11.5 Å². The average molecular weight is 414 g/mol. The number of hydrogen-bond acceptors (Lipinski definition) is 7. The highest BCUT2D eigenvalue weighted by Gasteiger charge is 2.23. The minimum absolute atomic E-state index is 0.0297. The molecule has 0 saturated heterocycles. The summed E-state index contributed by atoms with van der Waals surface area (Å²) in [6.45, 7) is 2.08. The third kappa shape index (κ3) is 4.78. The molecule has 0 fully saturated rings. The van der Waals surface area contributed by atoms with Crippen molar-refractivity contribution in [1.29, 1.82) is 0 Å². The van der Waals surface area contributed by atoms with Crippen molar-refractivity contribution in [2.24, 2.45) is 0 Å². The van der Waals surface area contributed by atoms with E-state index in [0.717, 1.165) is 6.07 Å². The molecule has 11 nitrogen and oxygen atoms in total. The van der Waals surface area contributed by atoms with Gasteiger partial charge in [0, 0.05) is 23.7 Å². The Morgan fingerprint density at radius 1 is 1.13 bits per heavy atom. The van der Waals surface area contributed by atoms with Gasteiger partial charge in [-0.25, -0.2) is 0 Å². The Kier molecular flexibility index (Phi) is 7.21. The fourth-order valence-corrected chi connectivity index (χ4v) is 2.54. The van der Waals surface area contributed by atoms with Crippen LogP contribution in [0.25, 0.3) is 5.53 Å². The van der Waals surface area contributed by atoms with E-state index in [1.165, 1.54) is 38.5 Å². The van der Waals surface area contributed by atoms with Gasteiger partial charge in [-0.2, -0.15) is 4.79 Å². The van der Waals surface area contributed by atoms with Gasteiger partial charge >= 0.3 is 11.9 Å². The van der Waals surface area contributed by atoms with E-state index in [1.807, 2.05) is 0 Å². The van der Waals surface area contributed by atoms with E-state index in [9.17, 15) is 19.7 Å². The molecule has 11 heteroatoms.